The normalized spacial score (nSPS) is 11.2. The lowest BCUT2D eigenvalue weighted by Gasteiger charge is -2.10. The van der Waals surface area contributed by atoms with Gasteiger partial charge in [-0.05, 0) is 6.42 Å². The van der Waals surface area contributed by atoms with E-state index in [-0.39, 0.29) is 17.3 Å². The van der Waals surface area contributed by atoms with E-state index >= 15 is 0 Å². The minimum atomic E-state index is -4.41. The monoisotopic (exact) mass is 278 g/mol. The van der Waals surface area contributed by atoms with E-state index in [4.69, 9.17) is 0 Å². The molecule has 0 saturated carbocycles. The number of nitrogens with zero attached hydrogens (tertiary/aromatic N) is 2. The topological polar surface area (TPSA) is 80.1 Å². The first kappa shape index (κ1) is 15.0. The molecule has 106 valence electrons. The minimum Gasteiger partial charge on any atom is -0.370 e. The van der Waals surface area contributed by atoms with Crippen molar-refractivity contribution in [3.8, 4) is 0 Å². The van der Waals surface area contributed by atoms with Gasteiger partial charge in [0.2, 0.25) is 0 Å². The Labute approximate surface area is 107 Å². The third-order valence-electron chi connectivity index (χ3n) is 2.05. The molecule has 0 saturated heterocycles. The van der Waals surface area contributed by atoms with Gasteiger partial charge in [0, 0.05) is 6.54 Å². The van der Waals surface area contributed by atoms with E-state index in [9.17, 15) is 23.3 Å². The Balaban J connectivity index is 2.89. The molecule has 0 unspecified atom stereocenters. The lowest BCUT2D eigenvalue weighted by Crippen LogP contribution is -2.22. The molecule has 1 aromatic heterocycles. The summed E-state index contributed by atoms with van der Waals surface area (Å²) < 4.78 is 36.2. The van der Waals surface area contributed by atoms with E-state index in [0.29, 0.717) is 6.54 Å². The van der Waals surface area contributed by atoms with Gasteiger partial charge in [0.05, 0.1) is 17.1 Å². The van der Waals surface area contributed by atoms with Gasteiger partial charge in [0.25, 0.3) is 5.69 Å². The number of nitro groups is 1. The summed E-state index contributed by atoms with van der Waals surface area (Å²) in [5.74, 6) is -0.0224. The van der Waals surface area contributed by atoms with Crippen LogP contribution in [0.25, 0.3) is 0 Å². The van der Waals surface area contributed by atoms with Gasteiger partial charge in [-0.2, -0.15) is 13.2 Å². The molecule has 19 heavy (non-hydrogen) atoms. The molecule has 2 N–H and O–H groups in total. The van der Waals surface area contributed by atoms with Crippen molar-refractivity contribution in [3.63, 3.8) is 0 Å². The average Bonchev–Trinajstić information content (AvgIpc) is 2.32. The predicted octanol–water partition coefficient (Wildman–Crippen LogP) is 2.79. The quantitative estimate of drug-likeness (QED) is 0.617. The summed E-state index contributed by atoms with van der Waals surface area (Å²) in [7, 11) is 0. The number of rotatable bonds is 6. The molecule has 6 nitrogen and oxygen atoms in total. The van der Waals surface area contributed by atoms with Gasteiger partial charge in [-0.15, -0.1) is 0 Å². The van der Waals surface area contributed by atoms with Crippen LogP contribution in [0.4, 0.5) is 30.5 Å². The molecule has 1 rings (SSSR count). The molecule has 1 aromatic rings. The van der Waals surface area contributed by atoms with Crippen LogP contribution in [0, 0.1) is 10.1 Å². The van der Waals surface area contributed by atoms with Crippen molar-refractivity contribution in [1.29, 1.82) is 0 Å². The van der Waals surface area contributed by atoms with Crippen molar-refractivity contribution in [1.82, 2.24) is 4.98 Å². The number of hydrogen-bond acceptors (Lipinski definition) is 5. The second kappa shape index (κ2) is 6.21. The highest BCUT2D eigenvalue weighted by atomic mass is 19.4. The number of hydrogen-bond donors (Lipinski definition) is 2. The molecule has 0 amide bonds. The minimum absolute atomic E-state index is 0.167. The third kappa shape index (κ3) is 5.40. The maximum Gasteiger partial charge on any atom is 0.405 e. The largest absolute Gasteiger partial charge is 0.405 e. The van der Waals surface area contributed by atoms with Gasteiger partial charge in [-0.25, -0.2) is 4.98 Å². The van der Waals surface area contributed by atoms with Gasteiger partial charge in [-0.3, -0.25) is 10.1 Å². The highest BCUT2D eigenvalue weighted by Crippen LogP contribution is 2.22. The third-order valence-corrected chi connectivity index (χ3v) is 2.05. The zero-order chi connectivity index (χ0) is 14.5. The lowest BCUT2D eigenvalue weighted by atomic mass is 10.3. The van der Waals surface area contributed by atoms with Crippen molar-refractivity contribution in [3.05, 3.63) is 22.2 Å². The van der Waals surface area contributed by atoms with Crippen LogP contribution in [0.1, 0.15) is 13.3 Å². The van der Waals surface area contributed by atoms with Crippen molar-refractivity contribution in [2.24, 2.45) is 0 Å². The van der Waals surface area contributed by atoms with E-state index in [1.54, 1.807) is 0 Å². The number of anilines is 2. The first-order valence-corrected chi connectivity index (χ1v) is 5.53. The Morgan fingerprint density at radius 3 is 2.37 bits per heavy atom. The van der Waals surface area contributed by atoms with Crippen molar-refractivity contribution in [2.45, 2.75) is 19.5 Å². The molecule has 0 bridgehead atoms. The Kier molecular flexibility index (Phi) is 4.90. The predicted molar refractivity (Wildman–Crippen MR) is 64.2 cm³/mol. The first-order valence-electron chi connectivity index (χ1n) is 5.53. The second-order valence-electron chi connectivity index (χ2n) is 3.75. The number of aromatic nitrogens is 1. The van der Waals surface area contributed by atoms with Crippen LogP contribution in [0.2, 0.25) is 0 Å². The molecule has 9 heteroatoms. The van der Waals surface area contributed by atoms with Gasteiger partial charge in [-0.1, -0.05) is 6.92 Å². The molecular weight excluding hydrogens is 265 g/mol. The van der Waals surface area contributed by atoms with E-state index < -0.39 is 17.6 Å². The Hall–Kier alpha value is -2.06. The zero-order valence-electron chi connectivity index (χ0n) is 10.1. The fourth-order valence-electron chi connectivity index (χ4n) is 1.25. The van der Waals surface area contributed by atoms with Crippen molar-refractivity contribution < 1.29 is 18.1 Å². The number of nitrogens with one attached hydrogen (secondary N) is 2. The Morgan fingerprint density at radius 2 is 1.89 bits per heavy atom. The van der Waals surface area contributed by atoms with Crippen molar-refractivity contribution in [2.75, 3.05) is 23.7 Å². The Bertz CT molecular complexity index is 451. The summed E-state index contributed by atoms with van der Waals surface area (Å²) in [6, 6.07) is 2.14. The maximum atomic E-state index is 12.1. The molecule has 0 aliphatic rings. The summed E-state index contributed by atoms with van der Waals surface area (Å²) in [5, 5.41) is 15.5. The molecule has 0 aromatic carbocycles. The molecule has 0 fully saturated rings. The number of alkyl halides is 3. The fraction of sp³-hybridized carbons (Fsp3) is 0.500. The molecule has 0 atom stereocenters. The average molecular weight is 278 g/mol. The van der Waals surface area contributed by atoms with Gasteiger partial charge in [0.15, 0.2) is 0 Å². The zero-order valence-corrected chi connectivity index (χ0v) is 10.1. The standard InChI is InChI=1S/C10H13F3N4O2/c1-2-3-14-8-4-7(17(18)19)5-9(16-8)15-6-10(11,12)13/h4-5H,2-3,6H2,1H3,(H2,14,15,16). The van der Waals surface area contributed by atoms with Crippen LogP contribution >= 0.6 is 0 Å². The SMILES string of the molecule is CCCNc1cc([N+](=O)[O-])cc(NCC(F)(F)F)n1. The molecule has 0 aliphatic heterocycles. The molecule has 0 spiro atoms. The number of pyridine rings is 1. The van der Waals surface area contributed by atoms with E-state index in [0.717, 1.165) is 12.5 Å². The summed E-state index contributed by atoms with van der Waals surface area (Å²) in [5.41, 5.74) is -0.321. The van der Waals surface area contributed by atoms with Crippen LogP contribution in [0.3, 0.4) is 0 Å². The maximum absolute atomic E-state index is 12.1. The van der Waals surface area contributed by atoms with Gasteiger partial charge >= 0.3 is 6.18 Å². The molecule has 0 aliphatic carbocycles. The molecular formula is C10H13F3N4O2. The van der Waals surface area contributed by atoms with E-state index in [1.807, 2.05) is 12.2 Å². The lowest BCUT2D eigenvalue weighted by molar-refractivity contribution is -0.384. The summed E-state index contributed by atoms with van der Waals surface area (Å²) in [6.07, 6.45) is -3.65. The second-order valence-corrected chi connectivity index (χ2v) is 3.75. The van der Waals surface area contributed by atoms with Gasteiger partial charge in [0.1, 0.15) is 18.2 Å². The van der Waals surface area contributed by atoms with Crippen LogP contribution in [-0.4, -0.2) is 29.2 Å². The van der Waals surface area contributed by atoms with E-state index in [1.165, 1.54) is 6.07 Å². The van der Waals surface area contributed by atoms with Gasteiger partial charge < -0.3 is 10.6 Å². The molecule has 1 heterocycles. The van der Waals surface area contributed by atoms with Crippen LogP contribution < -0.4 is 10.6 Å². The highest BCUT2D eigenvalue weighted by molar-refractivity contribution is 5.54. The highest BCUT2D eigenvalue weighted by Gasteiger charge is 2.27. The smallest absolute Gasteiger partial charge is 0.370 e. The summed E-state index contributed by atoms with van der Waals surface area (Å²) >= 11 is 0. The molecule has 0 radical (unpaired) electrons. The number of halogens is 3. The van der Waals surface area contributed by atoms with E-state index in [2.05, 4.69) is 10.3 Å². The summed E-state index contributed by atoms with van der Waals surface area (Å²) in [6.45, 7) is 1.11. The first-order chi connectivity index (χ1) is 8.81. The van der Waals surface area contributed by atoms with Crippen LogP contribution in [0.15, 0.2) is 12.1 Å². The fourth-order valence-corrected chi connectivity index (χ4v) is 1.25. The van der Waals surface area contributed by atoms with Crippen LogP contribution in [-0.2, 0) is 0 Å². The summed E-state index contributed by atoms with van der Waals surface area (Å²) in [4.78, 5) is 13.8. The Morgan fingerprint density at radius 1 is 1.32 bits per heavy atom. The van der Waals surface area contributed by atoms with Crippen LogP contribution in [0.5, 0.6) is 0 Å². The van der Waals surface area contributed by atoms with Crippen molar-refractivity contribution >= 4 is 17.3 Å².